The second kappa shape index (κ2) is 12.1. The van der Waals surface area contributed by atoms with Gasteiger partial charge in [-0.15, -0.1) is 0 Å². The lowest BCUT2D eigenvalue weighted by Crippen LogP contribution is -2.36. The van der Waals surface area contributed by atoms with Crippen molar-refractivity contribution in [2.75, 3.05) is 13.3 Å². The van der Waals surface area contributed by atoms with Gasteiger partial charge in [0.25, 0.3) is 5.56 Å². The molecule has 2 aromatic carbocycles. The van der Waals surface area contributed by atoms with Crippen LogP contribution in [0.4, 0.5) is 0 Å². The minimum Gasteiger partial charge on any atom is -0.481 e. The van der Waals surface area contributed by atoms with Crippen molar-refractivity contribution in [3.63, 3.8) is 0 Å². The third-order valence-electron chi connectivity index (χ3n) is 6.83. The summed E-state index contributed by atoms with van der Waals surface area (Å²) in [4.78, 5) is 25.3. The summed E-state index contributed by atoms with van der Waals surface area (Å²) in [5.41, 5.74) is 4.91. The molecule has 37 heavy (non-hydrogen) atoms. The molecule has 0 bridgehead atoms. The van der Waals surface area contributed by atoms with Gasteiger partial charge < -0.3 is 24.5 Å². The Morgan fingerprint density at radius 2 is 1.81 bits per heavy atom. The van der Waals surface area contributed by atoms with Gasteiger partial charge in [-0.3, -0.25) is 9.59 Å². The van der Waals surface area contributed by atoms with Gasteiger partial charge in [-0.25, -0.2) is 0 Å². The van der Waals surface area contributed by atoms with Crippen LogP contribution in [0.5, 0.6) is 11.5 Å². The molecular formula is C30H36N2O5. The molecular weight excluding hydrogens is 468 g/mol. The van der Waals surface area contributed by atoms with E-state index in [0.29, 0.717) is 24.5 Å². The summed E-state index contributed by atoms with van der Waals surface area (Å²) in [5, 5.41) is 13.0. The second-order valence-electron chi connectivity index (χ2n) is 9.88. The lowest BCUT2D eigenvalue weighted by atomic mass is 10.0. The van der Waals surface area contributed by atoms with Gasteiger partial charge in [0.1, 0.15) is 0 Å². The van der Waals surface area contributed by atoms with Crippen LogP contribution in [0.3, 0.4) is 0 Å². The van der Waals surface area contributed by atoms with Crippen LogP contribution in [0, 0.1) is 13.8 Å². The Bertz CT molecular complexity index is 1280. The molecule has 0 amide bonds. The van der Waals surface area contributed by atoms with E-state index >= 15 is 0 Å². The molecule has 0 saturated heterocycles. The van der Waals surface area contributed by atoms with Crippen LogP contribution in [0.15, 0.2) is 59.5 Å². The number of ether oxygens (including phenoxy) is 2. The molecule has 4 rings (SSSR count). The van der Waals surface area contributed by atoms with Crippen molar-refractivity contribution >= 4 is 5.97 Å². The van der Waals surface area contributed by atoms with Crippen molar-refractivity contribution in [3.8, 4) is 11.5 Å². The molecule has 0 spiro atoms. The molecule has 1 aliphatic heterocycles. The van der Waals surface area contributed by atoms with E-state index in [9.17, 15) is 14.7 Å². The molecule has 1 aliphatic rings. The molecule has 7 nitrogen and oxygen atoms in total. The van der Waals surface area contributed by atoms with E-state index < -0.39 is 12.0 Å². The minimum atomic E-state index is -0.895. The summed E-state index contributed by atoms with van der Waals surface area (Å²) in [6.45, 7) is 6.83. The van der Waals surface area contributed by atoms with Crippen molar-refractivity contribution in [2.24, 2.45) is 0 Å². The predicted molar refractivity (Wildman–Crippen MR) is 144 cm³/mol. The first kappa shape index (κ1) is 26.5. The van der Waals surface area contributed by atoms with Crippen LogP contribution >= 0.6 is 0 Å². The molecule has 0 aliphatic carbocycles. The first-order chi connectivity index (χ1) is 17.8. The molecule has 1 aromatic heterocycles. The third-order valence-corrected chi connectivity index (χ3v) is 6.83. The number of pyridine rings is 1. The van der Waals surface area contributed by atoms with Gasteiger partial charge in [-0.1, -0.05) is 55.7 Å². The van der Waals surface area contributed by atoms with E-state index in [4.69, 9.17) is 9.47 Å². The van der Waals surface area contributed by atoms with E-state index in [1.165, 1.54) is 5.56 Å². The van der Waals surface area contributed by atoms with Crippen molar-refractivity contribution in [1.82, 2.24) is 9.88 Å². The van der Waals surface area contributed by atoms with Crippen LogP contribution in [-0.2, 0) is 11.2 Å². The Morgan fingerprint density at radius 3 is 2.54 bits per heavy atom. The minimum absolute atomic E-state index is 0.00643. The number of aliphatic carboxylic acids is 1. The first-order valence-electron chi connectivity index (χ1n) is 13.0. The SMILES string of the molecule is CCCCC(CN[C@@H](CC(=O)O)c1ccc2c(c1)OCO2)n1cc(C)cc(Cc2ccc(C)cc2)c1=O. The number of aromatic nitrogens is 1. The Labute approximate surface area is 218 Å². The fourth-order valence-corrected chi connectivity index (χ4v) is 4.81. The highest BCUT2D eigenvalue weighted by Gasteiger charge is 2.22. The van der Waals surface area contributed by atoms with Crippen LogP contribution < -0.4 is 20.3 Å². The predicted octanol–water partition coefficient (Wildman–Crippen LogP) is 5.32. The summed E-state index contributed by atoms with van der Waals surface area (Å²) in [7, 11) is 0. The summed E-state index contributed by atoms with van der Waals surface area (Å²) < 4.78 is 12.7. The van der Waals surface area contributed by atoms with Gasteiger partial charge >= 0.3 is 5.97 Å². The first-order valence-corrected chi connectivity index (χ1v) is 13.0. The summed E-state index contributed by atoms with van der Waals surface area (Å²) in [5.74, 6) is 0.382. The lowest BCUT2D eigenvalue weighted by molar-refractivity contribution is -0.137. The largest absolute Gasteiger partial charge is 0.481 e. The maximum atomic E-state index is 13.6. The highest BCUT2D eigenvalue weighted by Crippen LogP contribution is 2.35. The number of hydrogen-bond acceptors (Lipinski definition) is 5. The van der Waals surface area contributed by atoms with E-state index in [1.54, 1.807) is 0 Å². The molecule has 2 heterocycles. The number of rotatable bonds is 12. The molecule has 0 fully saturated rings. The Kier molecular flexibility index (Phi) is 8.66. The van der Waals surface area contributed by atoms with Gasteiger partial charge in [0, 0.05) is 36.8 Å². The standard InChI is InChI=1S/C30H36N2O5/c1-4-5-6-25(17-31-26(16-29(33)34)23-11-12-27-28(15-23)37-19-36-27)32-18-21(3)13-24(30(32)35)14-22-9-7-20(2)8-10-22/h7-13,15,18,25-26,31H,4-6,14,16-17,19H2,1-3H3,(H,33,34)/t25?,26-/m0/s1. The molecule has 1 unspecified atom stereocenters. The molecule has 2 N–H and O–H groups in total. The normalized spacial score (nSPS) is 13.9. The monoisotopic (exact) mass is 504 g/mol. The quantitative estimate of drug-likeness (QED) is 0.347. The number of carboxylic acids is 1. The number of aryl methyl sites for hydroxylation is 2. The van der Waals surface area contributed by atoms with Gasteiger partial charge in [0.05, 0.1) is 6.42 Å². The zero-order valence-corrected chi connectivity index (χ0v) is 21.8. The fraction of sp³-hybridized carbons (Fsp3) is 0.400. The number of carboxylic acid groups (broad SMARTS) is 1. The highest BCUT2D eigenvalue weighted by molar-refractivity contribution is 5.68. The van der Waals surface area contributed by atoms with Crippen molar-refractivity contribution < 1.29 is 19.4 Å². The average Bonchev–Trinajstić information content (AvgIpc) is 3.34. The van der Waals surface area contributed by atoms with E-state index in [1.807, 2.05) is 42.0 Å². The number of hydrogen-bond donors (Lipinski definition) is 2. The number of fused-ring (bicyclic) bond motifs is 1. The van der Waals surface area contributed by atoms with Gasteiger partial charge in [0.2, 0.25) is 6.79 Å². The van der Waals surface area contributed by atoms with Crippen molar-refractivity contribution in [3.05, 3.63) is 92.9 Å². The number of carbonyl (C=O) groups is 1. The second-order valence-corrected chi connectivity index (χ2v) is 9.88. The zero-order chi connectivity index (χ0) is 26.4. The number of benzene rings is 2. The molecule has 0 radical (unpaired) electrons. The third kappa shape index (κ3) is 6.80. The maximum Gasteiger partial charge on any atom is 0.305 e. The van der Waals surface area contributed by atoms with E-state index in [-0.39, 0.29) is 24.8 Å². The van der Waals surface area contributed by atoms with Gasteiger partial charge in [-0.2, -0.15) is 0 Å². The summed E-state index contributed by atoms with van der Waals surface area (Å²) in [6.07, 6.45) is 5.21. The smallest absolute Gasteiger partial charge is 0.305 e. The summed E-state index contributed by atoms with van der Waals surface area (Å²) in [6, 6.07) is 15.2. The molecule has 3 aromatic rings. The Hall–Kier alpha value is -3.58. The zero-order valence-electron chi connectivity index (χ0n) is 21.8. The Balaban J connectivity index is 1.59. The number of unbranched alkanes of at least 4 members (excludes halogenated alkanes) is 1. The van der Waals surface area contributed by atoms with Crippen LogP contribution in [0.25, 0.3) is 0 Å². The number of nitrogens with one attached hydrogen (secondary N) is 1. The lowest BCUT2D eigenvalue weighted by Gasteiger charge is -2.25. The van der Waals surface area contributed by atoms with Crippen molar-refractivity contribution in [2.45, 2.75) is 65.0 Å². The Morgan fingerprint density at radius 1 is 1.05 bits per heavy atom. The number of nitrogens with zero attached hydrogens (tertiary/aromatic N) is 1. The molecule has 2 atom stereocenters. The molecule has 196 valence electrons. The topological polar surface area (TPSA) is 89.8 Å². The summed E-state index contributed by atoms with van der Waals surface area (Å²) >= 11 is 0. The van der Waals surface area contributed by atoms with Crippen LogP contribution in [0.2, 0.25) is 0 Å². The highest BCUT2D eigenvalue weighted by atomic mass is 16.7. The molecule has 0 saturated carbocycles. The van der Waals surface area contributed by atoms with Crippen LogP contribution in [0.1, 0.15) is 72.5 Å². The van der Waals surface area contributed by atoms with E-state index in [2.05, 4.69) is 43.4 Å². The maximum absolute atomic E-state index is 13.6. The average molecular weight is 505 g/mol. The molecule has 7 heteroatoms. The van der Waals surface area contributed by atoms with Gasteiger partial charge in [-0.05, 0) is 55.2 Å². The van der Waals surface area contributed by atoms with Gasteiger partial charge in [0.15, 0.2) is 11.5 Å². The van der Waals surface area contributed by atoms with E-state index in [0.717, 1.165) is 41.5 Å². The van der Waals surface area contributed by atoms with Crippen molar-refractivity contribution in [1.29, 1.82) is 0 Å². The fourth-order valence-electron chi connectivity index (χ4n) is 4.81. The van der Waals surface area contributed by atoms with Crippen LogP contribution in [-0.4, -0.2) is 29.0 Å².